The van der Waals surface area contributed by atoms with Crippen LogP contribution in [0.4, 0.5) is 14.5 Å². The van der Waals surface area contributed by atoms with Gasteiger partial charge in [0.05, 0.1) is 12.8 Å². The number of hydrogen-bond donors (Lipinski definition) is 1. The van der Waals surface area contributed by atoms with E-state index in [4.69, 9.17) is 21.1 Å². The largest absolute Gasteiger partial charge is 0.496 e. The lowest BCUT2D eigenvalue weighted by Gasteiger charge is -2.13. The molecule has 4 nitrogen and oxygen atoms in total. The van der Waals surface area contributed by atoms with E-state index in [1.54, 1.807) is 30.3 Å². The predicted octanol–water partition coefficient (Wildman–Crippen LogP) is 5.77. The van der Waals surface area contributed by atoms with Gasteiger partial charge in [-0.05, 0) is 61.0 Å². The van der Waals surface area contributed by atoms with Gasteiger partial charge < -0.3 is 14.8 Å². The lowest BCUT2D eigenvalue weighted by molar-refractivity contribution is 0.102. The van der Waals surface area contributed by atoms with Crippen LogP contribution in [-0.4, -0.2) is 13.0 Å². The molecule has 0 spiro atoms. The Morgan fingerprint density at radius 2 is 1.86 bits per heavy atom. The molecule has 0 aliphatic carbocycles. The molecule has 3 aromatic rings. The third-order valence-corrected chi connectivity index (χ3v) is 4.67. The van der Waals surface area contributed by atoms with E-state index in [1.807, 2.05) is 13.0 Å². The van der Waals surface area contributed by atoms with Crippen LogP contribution in [0.25, 0.3) is 0 Å². The molecular weight excluding hydrogens is 400 g/mol. The summed E-state index contributed by atoms with van der Waals surface area (Å²) in [4.78, 5) is 12.5. The van der Waals surface area contributed by atoms with Gasteiger partial charge in [0.1, 0.15) is 29.7 Å². The van der Waals surface area contributed by atoms with Crippen LogP contribution >= 0.6 is 11.6 Å². The van der Waals surface area contributed by atoms with Crippen LogP contribution in [0.1, 0.15) is 21.5 Å². The van der Waals surface area contributed by atoms with E-state index in [0.717, 1.165) is 11.6 Å². The van der Waals surface area contributed by atoms with Crippen LogP contribution in [0.2, 0.25) is 5.02 Å². The lowest BCUT2D eigenvalue weighted by Crippen LogP contribution is -2.14. The molecule has 0 saturated heterocycles. The van der Waals surface area contributed by atoms with Crippen LogP contribution in [0.3, 0.4) is 0 Å². The molecule has 0 radical (unpaired) electrons. The fraction of sp³-hybridized carbons (Fsp3) is 0.136. The molecule has 3 aromatic carbocycles. The number of halogens is 3. The molecule has 0 aliphatic heterocycles. The van der Waals surface area contributed by atoms with Gasteiger partial charge in [-0.3, -0.25) is 4.79 Å². The number of rotatable bonds is 6. The molecule has 0 unspecified atom stereocenters. The summed E-state index contributed by atoms with van der Waals surface area (Å²) in [7, 11) is 1.51. The highest BCUT2D eigenvalue weighted by Gasteiger charge is 2.13. The Morgan fingerprint density at radius 1 is 1.07 bits per heavy atom. The zero-order chi connectivity index (χ0) is 21.0. The molecule has 0 fully saturated rings. The van der Waals surface area contributed by atoms with Gasteiger partial charge in [-0.1, -0.05) is 11.6 Å². The van der Waals surface area contributed by atoms with Gasteiger partial charge in [-0.15, -0.1) is 0 Å². The second-order valence-corrected chi connectivity index (χ2v) is 6.71. The van der Waals surface area contributed by atoms with Crippen molar-refractivity contribution in [3.8, 4) is 11.5 Å². The van der Waals surface area contributed by atoms with Gasteiger partial charge in [0.25, 0.3) is 5.91 Å². The van der Waals surface area contributed by atoms with Crippen molar-refractivity contribution >= 4 is 23.2 Å². The van der Waals surface area contributed by atoms with Crippen molar-refractivity contribution in [3.63, 3.8) is 0 Å². The number of carbonyl (C=O) groups is 1. The monoisotopic (exact) mass is 417 g/mol. The van der Waals surface area contributed by atoms with Crippen molar-refractivity contribution in [2.45, 2.75) is 13.5 Å². The van der Waals surface area contributed by atoms with E-state index >= 15 is 0 Å². The molecular formula is C22H18ClF2NO3. The van der Waals surface area contributed by atoms with Crippen molar-refractivity contribution in [1.29, 1.82) is 0 Å². The average molecular weight is 418 g/mol. The molecule has 1 amide bonds. The molecule has 29 heavy (non-hydrogen) atoms. The van der Waals surface area contributed by atoms with Gasteiger partial charge in [0, 0.05) is 22.2 Å². The summed E-state index contributed by atoms with van der Waals surface area (Å²) in [6, 6.07) is 13.0. The highest BCUT2D eigenvalue weighted by Crippen LogP contribution is 2.25. The maximum Gasteiger partial charge on any atom is 0.255 e. The normalized spacial score (nSPS) is 10.5. The Hall–Kier alpha value is -3.12. The Kier molecular flexibility index (Phi) is 6.34. The third kappa shape index (κ3) is 5.03. The number of amides is 1. The minimum Gasteiger partial charge on any atom is -0.496 e. The summed E-state index contributed by atoms with van der Waals surface area (Å²) >= 11 is 6.02. The predicted molar refractivity (Wildman–Crippen MR) is 108 cm³/mol. The average Bonchev–Trinajstić information content (AvgIpc) is 2.70. The van der Waals surface area contributed by atoms with Crippen LogP contribution in [0, 0.1) is 18.6 Å². The Balaban J connectivity index is 1.78. The van der Waals surface area contributed by atoms with E-state index in [2.05, 4.69) is 5.32 Å². The molecule has 0 aliphatic rings. The number of anilines is 1. The standard InChI is InChI=1S/C22H18ClF2NO3/c1-13-9-17(5-6-18(13)23)29-12-15-10-14(3-8-21(15)28-2)22(27)26-20-7-4-16(24)11-19(20)25/h3-11H,12H2,1-2H3,(H,26,27). The number of benzene rings is 3. The van der Waals surface area contributed by atoms with Crippen molar-refractivity contribution in [3.05, 3.63) is 87.9 Å². The Labute approximate surface area is 172 Å². The first kappa shape index (κ1) is 20.6. The third-order valence-electron chi connectivity index (χ3n) is 4.25. The SMILES string of the molecule is COc1ccc(C(=O)Nc2ccc(F)cc2F)cc1COc1ccc(Cl)c(C)c1. The fourth-order valence-electron chi connectivity index (χ4n) is 2.69. The first-order chi connectivity index (χ1) is 13.9. The second-order valence-electron chi connectivity index (χ2n) is 6.30. The molecule has 3 rings (SSSR count). The second kappa shape index (κ2) is 8.92. The fourth-order valence-corrected chi connectivity index (χ4v) is 2.80. The van der Waals surface area contributed by atoms with E-state index < -0.39 is 17.5 Å². The van der Waals surface area contributed by atoms with Gasteiger partial charge in [-0.2, -0.15) is 0 Å². The lowest BCUT2D eigenvalue weighted by atomic mass is 10.1. The molecule has 0 saturated carbocycles. The highest BCUT2D eigenvalue weighted by molar-refractivity contribution is 6.31. The number of methoxy groups -OCH3 is 1. The molecule has 150 valence electrons. The van der Waals surface area contributed by atoms with Crippen molar-refractivity contribution < 1.29 is 23.0 Å². The summed E-state index contributed by atoms with van der Waals surface area (Å²) < 4.78 is 37.9. The Morgan fingerprint density at radius 3 is 2.55 bits per heavy atom. The first-order valence-electron chi connectivity index (χ1n) is 8.69. The molecule has 0 heterocycles. The van der Waals surface area contributed by atoms with Gasteiger partial charge in [-0.25, -0.2) is 8.78 Å². The number of aryl methyl sites for hydroxylation is 1. The molecule has 0 atom stereocenters. The minimum absolute atomic E-state index is 0.110. The summed E-state index contributed by atoms with van der Waals surface area (Å²) in [6.07, 6.45) is 0. The molecule has 7 heteroatoms. The molecule has 0 bridgehead atoms. The maximum atomic E-state index is 13.8. The van der Waals surface area contributed by atoms with Crippen LogP contribution < -0.4 is 14.8 Å². The van der Waals surface area contributed by atoms with E-state index in [0.29, 0.717) is 28.2 Å². The topological polar surface area (TPSA) is 47.6 Å². The summed E-state index contributed by atoms with van der Waals surface area (Å²) in [5, 5.41) is 3.07. The van der Waals surface area contributed by atoms with E-state index in [-0.39, 0.29) is 17.9 Å². The smallest absolute Gasteiger partial charge is 0.255 e. The van der Waals surface area contributed by atoms with Gasteiger partial charge >= 0.3 is 0 Å². The quantitative estimate of drug-likeness (QED) is 0.554. The Bertz CT molecular complexity index is 1060. The van der Waals surface area contributed by atoms with Crippen molar-refractivity contribution in [2.75, 3.05) is 12.4 Å². The van der Waals surface area contributed by atoms with Crippen molar-refractivity contribution in [1.82, 2.24) is 0 Å². The minimum atomic E-state index is -0.853. The van der Waals surface area contributed by atoms with Gasteiger partial charge in [0.15, 0.2) is 0 Å². The summed E-state index contributed by atoms with van der Waals surface area (Å²) in [5.41, 5.74) is 1.68. The van der Waals surface area contributed by atoms with E-state index in [1.165, 1.54) is 13.2 Å². The zero-order valence-electron chi connectivity index (χ0n) is 15.8. The number of hydrogen-bond acceptors (Lipinski definition) is 3. The van der Waals surface area contributed by atoms with Crippen molar-refractivity contribution in [2.24, 2.45) is 0 Å². The number of carbonyl (C=O) groups excluding carboxylic acids is 1. The van der Waals surface area contributed by atoms with E-state index in [9.17, 15) is 13.6 Å². The van der Waals surface area contributed by atoms with Gasteiger partial charge in [0.2, 0.25) is 0 Å². The number of nitrogens with one attached hydrogen (secondary N) is 1. The van der Waals surface area contributed by atoms with Crippen LogP contribution in [0.15, 0.2) is 54.6 Å². The highest BCUT2D eigenvalue weighted by atomic mass is 35.5. The first-order valence-corrected chi connectivity index (χ1v) is 9.07. The maximum absolute atomic E-state index is 13.8. The number of ether oxygens (including phenoxy) is 2. The summed E-state index contributed by atoms with van der Waals surface area (Å²) in [6.45, 7) is 2.02. The van der Waals surface area contributed by atoms with Crippen LogP contribution in [-0.2, 0) is 6.61 Å². The zero-order valence-corrected chi connectivity index (χ0v) is 16.5. The molecule has 1 N–H and O–H groups in total. The van der Waals surface area contributed by atoms with Crippen LogP contribution in [0.5, 0.6) is 11.5 Å². The molecule has 0 aromatic heterocycles. The summed E-state index contributed by atoms with van der Waals surface area (Å²) in [5.74, 6) is -0.950.